The van der Waals surface area contributed by atoms with E-state index in [0.717, 1.165) is 16.6 Å². The van der Waals surface area contributed by atoms with Crippen molar-refractivity contribution >= 4 is 11.0 Å². The Hall–Kier alpha value is -3.64. The summed E-state index contributed by atoms with van der Waals surface area (Å²) in [7, 11) is 0. The molecule has 3 aromatic heterocycles. The molecule has 0 aliphatic heterocycles. The number of nitrogens with zero attached hydrogens (tertiary/aromatic N) is 2. The Morgan fingerprint density at radius 1 is 0.900 bits per heavy atom. The Balaban J connectivity index is 1.64. The van der Waals surface area contributed by atoms with Gasteiger partial charge in [0, 0.05) is 16.5 Å². The summed E-state index contributed by atoms with van der Waals surface area (Å²) in [6.45, 7) is -0.501. The molecule has 5 rings (SSSR count). The Labute approximate surface area is 172 Å². The summed E-state index contributed by atoms with van der Waals surface area (Å²) >= 11 is 0. The molecule has 2 aromatic carbocycles. The third kappa shape index (κ3) is 3.02. The molecule has 0 saturated heterocycles. The first-order valence-electron chi connectivity index (χ1n) is 9.68. The van der Waals surface area contributed by atoms with Crippen molar-refractivity contribution in [2.45, 2.75) is 13.2 Å². The molecule has 0 amide bonds. The fourth-order valence-electron chi connectivity index (χ4n) is 3.75. The summed E-state index contributed by atoms with van der Waals surface area (Å²) in [5.41, 5.74) is 3.69. The van der Waals surface area contributed by atoms with Gasteiger partial charge in [0.05, 0.1) is 25.2 Å². The molecule has 150 valence electrons. The monoisotopic (exact) mass is 402 g/mol. The molecule has 6 heteroatoms. The van der Waals surface area contributed by atoms with E-state index in [4.69, 9.17) is 8.83 Å². The van der Waals surface area contributed by atoms with E-state index in [1.807, 2.05) is 60.7 Å². The zero-order chi connectivity index (χ0) is 20.5. The first-order valence-corrected chi connectivity index (χ1v) is 9.68. The van der Waals surface area contributed by atoms with Gasteiger partial charge in [-0.05, 0) is 18.2 Å². The molecule has 0 spiro atoms. The fraction of sp³-hybridized carbons (Fsp3) is 0.125. The maximum atomic E-state index is 13.2. The van der Waals surface area contributed by atoms with Crippen LogP contribution in [0.4, 0.5) is 4.39 Å². The van der Waals surface area contributed by atoms with Crippen LogP contribution in [0.15, 0.2) is 81.9 Å². The second kappa shape index (κ2) is 7.65. The number of imidazole rings is 1. The van der Waals surface area contributed by atoms with Gasteiger partial charge in [-0.3, -0.25) is 0 Å². The minimum atomic E-state index is -0.511. The van der Waals surface area contributed by atoms with E-state index in [1.165, 1.54) is 0 Å². The molecular weight excluding hydrogens is 383 g/mol. The molecule has 0 unspecified atom stereocenters. The van der Waals surface area contributed by atoms with Crippen molar-refractivity contribution in [1.29, 1.82) is 0 Å². The Morgan fingerprint density at radius 3 is 2.47 bits per heavy atom. The van der Waals surface area contributed by atoms with Crippen molar-refractivity contribution in [3.05, 3.63) is 78.6 Å². The number of benzene rings is 2. The number of aliphatic hydroxyl groups is 1. The zero-order valence-electron chi connectivity index (χ0n) is 16.1. The number of alkyl halides is 1. The number of hydrogen-bond donors (Lipinski definition) is 1. The van der Waals surface area contributed by atoms with Crippen molar-refractivity contribution in [2.75, 3.05) is 6.67 Å². The lowest BCUT2D eigenvalue weighted by Gasteiger charge is -2.06. The second-order valence-electron chi connectivity index (χ2n) is 6.92. The second-order valence-corrected chi connectivity index (χ2v) is 6.92. The average molecular weight is 402 g/mol. The minimum absolute atomic E-state index is 0.169. The molecule has 3 heterocycles. The number of rotatable bonds is 6. The number of halogens is 1. The molecule has 30 heavy (non-hydrogen) atoms. The van der Waals surface area contributed by atoms with Crippen LogP contribution in [0.25, 0.3) is 45.2 Å². The molecule has 0 aliphatic rings. The average Bonchev–Trinajstić information content (AvgIpc) is 3.50. The van der Waals surface area contributed by atoms with Gasteiger partial charge in [0.25, 0.3) is 0 Å². The van der Waals surface area contributed by atoms with E-state index >= 15 is 0 Å². The summed E-state index contributed by atoms with van der Waals surface area (Å²) in [5, 5.41) is 10.8. The summed E-state index contributed by atoms with van der Waals surface area (Å²) in [4.78, 5) is 4.50. The van der Waals surface area contributed by atoms with Gasteiger partial charge in [-0.2, -0.15) is 0 Å². The summed E-state index contributed by atoms with van der Waals surface area (Å²) in [6, 6.07) is 20.9. The molecule has 0 aliphatic carbocycles. The number of aryl methyl sites for hydroxylation is 1. The van der Waals surface area contributed by atoms with Gasteiger partial charge in [0.15, 0.2) is 17.3 Å². The Morgan fingerprint density at radius 2 is 1.67 bits per heavy atom. The van der Waals surface area contributed by atoms with Crippen LogP contribution in [0.2, 0.25) is 0 Å². The van der Waals surface area contributed by atoms with Gasteiger partial charge in [-0.15, -0.1) is 0 Å². The zero-order valence-corrected chi connectivity index (χ0v) is 16.1. The largest absolute Gasteiger partial charge is 0.452 e. The standard InChI is InChI=1S/C24H19FN2O3/c25-12-13-27-15-26-22(16-6-2-1-3-7-16)23(27)20-10-11-21(29-20)24-18(14-28)17-8-4-5-9-19(17)30-24/h1-11,15,28H,12-14H2. The van der Waals surface area contributed by atoms with E-state index in [0.29, 0.717) is 34.1 Å². The van der Waals surface area contributed by atoms with Crippen LogP contribution in [-0.2, 0) is 13.2 Å². The van der Waals surface area contributed by atoms with Crippen LogP contribution >= 0.6 is 0 Å². The first kappa shape index (κ1) is 18.4. The molecule has 0 fully saturated rings. The predicted octanol–water partition coefficient (Wildman–Crippen LogP) is 5.69. The first-order chi connectivity index (χ1) is 14.8. The topological polar surface area (TPSA) is 64.3 Å². The highest BCUT2D eigenvalue weighted by Crippen LogP contribution is 2.38. The van der Waals surface area contributed by atoms with Crippen molar-refractivity contribution in [3.8, 4) is 34.2 Å². The number of furan rings is 2. The molecule has 0 radical (unpaired) electrons. The van der Waals surface area contributed by atoms with Gasteiger partial charge in [-0.1, -0.05) is 48.5 Å². The van der Waals surface area contributed by atoms with Crippen LogP contribution in [0, 0.1) is 0 Å². The lowest BCUT2D eigenvalue weighted by Crippen LogP contribution is -2.00. The van der Waals surface area contributed by atoms with Crippen molar-refractivity contribution in [1.82, 2.24) is 9.55 Å². The van der Waals surface area contributed by atoms with Gasteiger partial charge >= 0.3 is 0 Å². The van der Waals surface area contributed by atoms with Crippen molar-refractivity contribution < 1.29 is 18.3 Å². The molecular formula is C24H19FN2O3. The van der Waals surface area contributed by atoms with E-state index in [9.17, 15) is 9.50 Å². The number of aliphatic hydroxyl groups excluding tert-OH is 1. The lowest BCUT2D eigenvalue weighted by atomic mass is 10.1. The van der Waals surface area contributed by atoms with E-state index in [2.05, 4.69) is 4.98 Å². The Kier molecular flexibility index (Phi) is 4.69. The molecule has 0 atom stereocenters. The van der Waals surface area contributed by atoms with Crippen LogP contribution in [0.5, 0.6) is 0 Å². The maximum Gasteiger partial charge on any atom is 0.176 e. The van der Waals surface area contributed by atoms with Crippen molar-refractivity contribution in [3.63, 3.8) is 0 Å². The van der Waals surface area contributed by atoms with E-state index in [1.54, 1.807) is 17.0 Å². The summed E-state index contributed by atoms with van der Waals surface area (Å²) in [5.74, 6) is 1.54. The van der Waals surface area contributed by atoms with Crippen molar-refractivity contribution in [2.24, 2.45) is 0 Å². The molecule has 1 N–H and O–H groups in total. The van der Waals surface area contributed by atoms with Crippen LogP contribution in [0.3, 0.4) is 0 Å². The highest BCUT2D eigenvalue weighted by atomic mass is 19.1. The highest BCUT2D eigenvalue weighted by Gasteiger charge is 2.22. The Bertz CT molecular complexity index is 1300. The van der Waals surface area contributed by atoms with E-state index in [-0.39, 0.29) is 13.2 Å². The smallest absolute Gasteiger partial charge is 0.176 e. The quantitative estimate of drug-likeness (QED) is 0.397. The van der Waals surface area contributed by atoms with Crippen LogP contribution in [0.1, 0.15) is 5.56 Å². The molecule has 5 aromatic rings. The fourth-order valence-corrected chi connectivity index (χ4v) is 3.75. The normalized spacial score (nSPS) is 11.4. The number of fused-ring (bicyclic) bond motifs is 1. The summed E-state index contributed by atoms with van der Waals surface area (Å²) < 4.78 is 27.0. The van der Waals surface area contributed by atoms with Gasteiger partial charge < -0.3 is 18.5 Å². The maximum absolute atomic E-state index is 13.2. The van der Waals surface area contributed by atoms with Gasteiger partial charge in [0.1, 0.15) is 18.0 Å². The number of para-hydroxylation sites is 1. The molecule has 0 bridgehead atoms. The van der Waals surface area contributed by atoms with E-state index < -0.39 is 6.67 Å². The van der Waals surface area contributed by atoms with Crippen LogP contribution < -0.4 is 0 Å². The van der Waals surface area contributed by atoms with Crippen LogP contribution in [-0.4, -0.2) is 21.3 Å². The minimum Gasteiger partial charge on any atom is -0.452 e. The number of hydrogen-bond acceptors (Lipinski definition) is 4. The summed E-state index contributed by atoms with van der Waals surface area (Å²) in [6.07, 6.45) is 1.62. The van der Waals surface area contributed by atoms with Gasteiger partial charge in [-0.25, -0.2) is 9.37 Å². The van der Waals surface area contributed by atoms with Gasteiger partial charge in [0.2, 0.25) is 0 Å². The third-order valence-electron chi connectivity index (χ3n) is 5.13. The highest BCUT2D eigenvalue weighted by molar-refractivity contribution is 5.87. The SMILES string of the molecule is OCc1c(-c2ccc(-c3c(-c4ccccc4)ncn3CCF)o2)oc2ccccc12. The predicted molar refractivity (Wildman–Crippen MR) is 112 cm³/mol. The number of aromatic nitrogens is 2. The lowest BCUT2D eigenvalue weighted by molar-refractivity contribution is 0.282. The molecule has 5 nitrogen and oxygen atoms in total. The third-order valence-corrected chi connectivity index (χ3v) is 5.13. The molecule has 0 saturated carbocycles.